The highest BCUT2D eigenvalue weighted by molar-refractivity contribution is 5.73. The Labute approximate surface area is 137 Å². The molecule has 0 saturated carbocycles. The molecule has 4 nitrogen and oxygen atoms in total. The first kappa shape index (κ1) is 17.5. The van der Waals surface area contributed by atoms with Crippen LogP contribution in [-0.2, 0) is 6.54 Å². The quantitative estimate of drug-likeness (QED) is 0.709. The van der Waals surface area contributed by atoms with Gasteiger partial charge in [-0.25, -0.2) is 0 Å². The van der Waals surface area contributed by atoms with Crippen LogP contribution in [0.4, 0.5) is 0 Å². The molecule has 0 aliphatic heterocycles. The van der Waals surface area contributed by atoms with Crippen molar-refractivity contribution in [2.24, 2.45) is 5.92 Å². The standard InChI is InChI=1S/C19H28N2O2/c1-3-4-5-6-7-8-9-15(2)14-21-17-11-12-18(22)20-16(17)10-13-19(21)23/h10-13,15H,3-9,14H2,1-2H3,(H,20,22). The Morgan fingerprint density at radius 1 is 1.00 bits per heavy atom. The van der Waals surface area contributed by atoms with E-state index in [9.17, 15) is 9.59 Å². The zero-order valence-corrected chi connectivity index (χ0v) is 14.3. The van der Waals surface area contributed by atoms with Gasteiger partial charge in [-0.2, -0.15) is 0 Å². The Morgan fingerprint density at radius 3 is 2.52 bits per heavy atom. The van der Waals surface area contributed by atoms with Crippen molar-refractivity contribution in [3.8, 4) is 0 Å². The smallest absolute Gasteiger partial charge is 0.251 e. The van der Waals surface area contributed by atoms with Gasteiger partial charge in [0.05, 0.1) is 11.0 Å². The van der Waals surface area contributed by atoms with E-state index in [4.69, 9.17) is 0 Å². The molecule has 1 unspecified atom stereocenters. The van der Waals surface area contributed by atoms with E-state index in [0.29, 0.717) is 12.5 Å². The van der Waals surface area contributed by atoms with Crippen molar-refractivity contribution in [3.63, 3.8) is 0 Å². The predicted octanol–water partition coefficient (Wildman–Crippen LogP) is 4.08. The molecule has 4 heteroatoms. The summed E-state index contributed by atoms with van der Waals surface area (Å²) in [5.74, 6) is 0.455. The second-order valence-corrected chi connectivity index (χ2v) is 6.57. The van der Waals surface area contributed by atoms with Gasteiger partial charge in [-0.3, -0.25) is 9.59 Å². The molecule has 0 aliphatic rings. The summed E-state index contributed by atoms with van der Waals surface area (Å²) in [4.78, 5) is 26.4. The van der Waals surface area contributed by atoms with Crippen LogP contribution in [0.3, 0.4) is 0 Å². The summed E-state index contributed by atoms with van der Waals surface area (Å²) >= 11 is 0. The van der Waals surface area contributed by atoms with Gasteiger partial charge in [0.15, 0.2) is 0 Å². The monoisotopic (exact) mass is 316 g/mol. The minimum Gasteiger partial charge on any atom is -0.321 e. The van der Waals surface area contributed by atoms with Gasteiger partial charge in [-0.1, -0.05) is 52.4 Å². The maximum atomic E-state index is 12.2. The molecule has 1 N–H and O–H groups in total. The van der Waals surface area contributed by atoms with Gasteiger partial charge in [-0.05, 0) is 24.5 Å². The average Bonchev–Trinajstić information content (AvgIpc) is 2.53. The summed E-state index contributed by atoms with van der Waals surface area (Å²) in [7, 11) is 0. The second-order valence-electron chi connectivity index (χ2n) is 6.57. The number of H-pyrrole nitrogens is 1. The number of aromatic nitrogens is 2. The number of rotatable bonds is 9. The number of unbranched alkanes of at least 4 members (excludes halogenated alkanes) is 5. The van der Waals surface area contributed by atoms with Gasteiger partial charge in [0.2, 0.25) is 5.56 Å². The Bertz CT molecular complexity index is 730. The largest absolute Gasteiger partial charge is 0.321 e. The normalized spacial score (nSPS) is 12.6. The molecule has 126 valence electrons. The first-order valence-corrected chi connectivity index (χ1v) is 8.84. The van der Waals surface area contributed by atoms with Crippen molar-refractivity contribution in [1.29, 1.82) is 0 Å². The molecule has 0 saturated heterocycles. The molecule has 0 amide bonds. The van der Waals surface area contributed by atoms with Crippen molar-refractivity contribution in [2.45, 2.75) is 65.3 Å². The molecular formula is C19H28N2O2. The minimum absolute atomic E-state index is 0.000607. The van der Waals surface area contributed by atoms with E-state index in [-0.39, 0.29) is 11.1 Å². The van der Waals surface area contributed by atoms with E-state index in [1.165, 1.54) is 50.7 Å². The number of fused-ring (bicyclic) bond motifs is 1. The zero-order valence-electron chi connectivity index (χ0n) is 14.3. The summed E-state index contributed by atoms with van der Waals surface area (Å²) in [6, 6.07) is 6.45. The maximum Gasteiger partial charge on any atom is 0.251 e. The SMILES string of the molecule is CCCCCCCCC(C)Cn1c(=O)ccc2[nH]c(=O)ccc21. The maximum absolute atomic E-state index is 12.2. The molecule has 23 heavy (non-hydrogen) atoms. The zero-order chi connectivity index (χ0) is 16.7. The van der Waals surface area contributed by atoms with Crippen molar-refractivity contribution < 1.29 is 0 Å². The lowest BCUT2D eigenvalue weighted by atomic mass is 10.0. The molecule has 1 atom stereocenters. The Balaban J connectivity index is 1.97. The fourth-order valence-electron chi connectivity index (χ4n) is 3.07. The average molecular weight is 316 g/mol. The van der Waals surface area contributed by atoms with E-state index in [1.54, 1.807) is 16.7 Å². The van der Waals surface area contributed by atoms with E-state index in [2.05, 4.69) is 18.8 Å². The van der Waals surface area contributed by atoms with Crippen LogP contribution in [0.5, 0.6) is 0 Å². The summed E-state index contributed by atoms with van der Waals surface area (Å²) < 4.78 is 1.78. The number of nitrogens with one attached hydrogen (secondary N) is 1. The van der Waals surface area contributed by atoms with Gasteiger partial charge >= 0.3 is 0 Å². The third-order valence-electron chi connectivity index (χ3n) is 4.42. The third-order valence-corrected chi connectivity index (χ3v) is 4.42. The lowest BCUT2D eigenvalue weighted by Gasteiger charge is -2.15. The van der Waals surface area contributed by atoms with Crippen LogP contribution in [0.25, 0.3) is 11.0 Å². The Morgan fingerprint density at radius 2 is 1.74 bits per heavy atom. The van der Waals surface area contributed by atoms with Crippen molar-refractivity contribution in [3.05, 3.63) is 45.0 Å². The molecule has 2 heterocycles. The third kappa shape index (κ3) is 5.08. The molecule has 0 aromatic carbocycles. The van der Waals surface area contributed by atoms with Crippen molar-refractivity contribution >= 4 is 11.0 Å². The topological polar surface area (TPSA) is 54.9 Å². The van der Waals surface area contributed by atoms with Crippen LogP contribution in [0.15, 0.2) is 33.9 Å². The molecule has 2 rings (SSSR count). The van der Waals surface area contributed by atoms with E-state index >= 15 is 0 Å². The number of aromatic amines is 1. The highest BCUT2D eigenvalue weighted by atomic mass is 16.1. The van der Waals surface area contributed by atoms with Crippen LogP contribution in [0, 0.1) is 5.92 Å². The van der Waals surface area contributed by atoms with Gasteiger partial charge < -0.3 is 9.55 Å². The molecule has 0 aliphatic carbocycles. The molecule has 2 aromatic heterocycles. The summed E-state index contributed by atoms with van der Waals surface area (Å²) in [6.07, 6.45) is 8.90. The number of hydrogen-bond acceptors (Lipinski definition) is 2. The Kier molecular flexibility index (Phi) is 6.63. The molecule has 0 spiro atoms. The van der Waals surface area contributed by atoms with Crippen LogP contribution in [0.1, 0.15) is 58.8 Å². The van der Waals surface area contributed by atoms with Crippen molar-refractivity contribution in [2.75, 3.05) is 0 Å². The summed E-state index contributed by atoms with van der Waals surface area (Å²) in [6.45, 7) is 5.14. The minimum atomic E-state index is -0.136. The number of nitrogens with zero attached hydrogens (tertiary/aromatic N) is 1. The van der Waals surface area contributed by atoms with Gasteiger partial charge in [0, 0.05) is 18.7 Å². The first-order chi connectivity index (χ1) is 11.1. The number of hydrogen-bond donors (Lipinski definition) is 1. The van der Waals surface area contributed by atoms with Crippen LogP contribution < -0.4 is 11.1 Å². The van der Waals surface area contributed by atoms with E-state index in [0.717, 1.165) is 17.5 Å². The lowest BCUT2D eigenvalue weighted by molar-refractivity contribution is 0.425. The summed E-state index contributed by atoms with van der Waals surface area (Å²) in [5.41, 5.74) is 1.40. The fraction of sp³-hybridized carbons (Fsp3) is 0.579. The highest BCUT2D eigenvalue weighted by Gasteiger charge is 2.08. The number of pyridine rings is 2. The fourth-order valence-corrected chi connectivity index (χ4v) is 3.07. The molecule has 2 aromatic rings. The van der Waals surface area contributed by atoms with E-state index in [1.807, 2.05) is 0 Å². The van der Waals surface area contributed by atoms with Crippen LogP contribution in [0.2, 0.25) is 0 Å². The van der Waals surface area contributed by atoms with Gasteiger partial charge in [0.1, 0.15) is 0 Å². The second kappa shape index (κ2) is 8.70. The molecule has 0 radical (unpaired) electrons. The highest BCUT2D eigenvalue weighted by Crippen LogP contribution is 2.15. The lowest BCUT2D eigenvalue weighted by Crippen LogP contribution is -2.23. The molecular weight excluding hydrogens is 288 g/mol. The first-order valence-electron chi connectivity index (χ1n) is 8.84. The van der Waals surface area contributed by atoms with E-state index < -0.39 is 0 Å². The predicted molar refractivity (Wildman–Crippen MR) is 96.0 cm³/mol. The molecule has 0 fully saturated rings. The van der Waals surface area contributed by atoms with Gasteiger partial charge in [0.25, 0.3) is 5.56 Å². The van der Waals surface area contributed by atoms with Gasteiger partial charge in [-0.15, -0.1) is 0 Å². The van der Waals surface area contributed by atoms with Crippen LogP contribution in [-0.4, -0.2) is 9.55 Å². The summed E-state index contributed by atoms with van der Waals surface area (Å²) in [5, 5.41) is 0. The van der Waals surface area contributed by atoms with Crippen molar-refractivity contribution in [1.82, 2.24) is 9.55 Å². The Hall–Kier alpha value is -1.84. The van der Waals surface area contributed by atoms with Crippen LogP contribution >= 0.6 is 0 Å². The molecule has 0 bridgehead atoms.